The lowest BCUT2D eigenvalue weighted by molar-refractivity contribution is -0.0403. The summed E-state index contributed by atoms with van der Waals surface area (Å²) >= 11 is 0. The Labute approximate surface area is 132 Å². The minimum atomic E-state index is -2.55. The van der Waals surface area contributed by atoms with Crippen LogP contribution in [0.4, 0.5) is 8.78 Å². The molecule has 128 valence electrons. The van der Waals surface area contributed by atoms with Crippen LogP contribution < -0.4 is 0 Å². The predicted octanol–water partition coefficient (Wildman–Crippen LogP) is 7.18. The SMILES string of the molecule is CC(C)C(C)CCCC(C)C(C)(C)CCC(C)C(C)(F)F. The van der Waals surface area contributed by atoms with Crippen LogP contribution in [0.25, 0.3) is 0 Å². The molecule has 0 aliphatic carbocycles. The summed E-state index contributed by atoms with van der Waals surface area (Å²) in [4.78, 5) is 0. The average Bonchev–Trinajstić information content (AvgIpc) is 2.34. The van der Waals surface area contributed by atoms with Crippen LogP contribution in [0.2, 0.25) is 0 Å². The lowest BCUT2D eigenvalue weighted by Gasteiger charge is -2.34. The van der Waals surface area contributed by atoms with Crippen molar-refractivity contribution >= 4 is 0 Å². The monoisotopic (exact) mass is 304 g/mol. The molecular formula is C19H38F2. The maximum Gasteiger partial charge on any atom is 0.247 e. The molecular weight excluding hydrogens is 266 g/mol. The van der Waals surface area contributed by atoms with Crippen LogP contribution in [0.3, 0.4) is 0 Å². The van der Waals surface area contributed by atoms with E-state index in [0.29, 0.717) is 12.3 Å². The molecule has 0 aromatic rings. The highest BCUT2D eigenvalue weighted by atomic mass is 19.3. The minimum absolute atomic E-state index is 0.153. The van der Waals surface area contributed by atoms with Gasteiger partial charge in [0.15, 0.2) is 0 Å². The van der Waals surface area contributed by atoms with Crippen LogP contribution in [-0.4, -0.2) is 5.92 Å². The Balaban J connectivity index is 4.18. The fourth-order valence-corrected chi connectivity index (χ4v) is 2.56. The molecule has 0 aromatic carbocycles. The summed E-state index contributed by atoms with van der Waals surface area (Å²) in [5.74, 6) is -0.953. The molecule has 0 saturated carbocycles. The van der Waals surface area contributed by atoms with Gasteiger partial charge in [0.2, 0.25) is 5.92 Å². The largest absolute Gasteiger partial charge is 0.247 e. The van der Waals surface area contributed by atoms with Gasteiger partial charge in [-0.15, -0.1) is 0 Å². The highest BCUT2D eigenvalue weighted by Gasteiger charge is 2.33. The Hall–Kier alpha value is -0.140. The Morgan fingerprint density at radius 2 is 1.29 bits per heavy atom. The first-order chi connectivity index (χ1) is 9.38. The summed E-state index contributed by atoms with van der Waals surface area (Å²) in [5.41, 5.74) is 0.153. The first-order valence-corrected chi connectivity index (χ1v) is 8.75. The second kappa shape index (κ2) is 8.48. The Kier molecular flexibility index (Phi) is 8.42. The van der Waals surface area contributed by atoms with E-state index in [1.165, 1.54) is 19.3 Å². The molecule has 0 rings (SSSR count). The molecule has 0 radical (unpaired) electrons. The molecule has 0 bridgehead atoms. The standard InChI is InChI=1S/C19H38F2/c1-14(2)15(3)10-9-11-16(4)18(6,7)13-12-17(5)19(8,20)21/h14-17H,9-13H2,1-8H3. The van der Waals surface area contributed by atoms with Gasteiger partial charge < -0.3 is 0 Å². The number of hydrogen-bond donors (Lipinski definition) is 0. The summed E-state index contributed by atoms with van der Waals surface area (Å²) < 4.78 is 26.5. The molecule has 0 fully saturated rings. The summed E-state index contributed by atoms with van der Waals surface area (Å²) in [6.45, 7) is 16.4. The fourth-order valence-electron chi connectivity index (χ4n) is 2.56. The molecule has 0 nitrogen and oxygen atoms in total. The van der Waals surface area contributed by atoms with Gasteiger partial charge in [-0.25, -0.2) is 8.78 Å². The highest BCUT2D eigenvalue weighted by molar-refractivity contribution is 4.79. The summed E-state index contributed by atoms with van der Waals surface area (Å²) in [7, 11) is 0. The van der Waals surface area contributed by atoms with E-state index >= 15 is 0 Å². The normalized spacial score (nSPS) is 17.9. The molecule has 21 heavy (non-hydrogen) atoms. The first kappa shape index (κ1) is 20.9. The molecule has 0 amide bonds. The van der Waals surface area contributed by atoms with Gasteiger partial charge in [-0.1, -0.05) is 67.7 Å². The van der Waals surface area contributed by atoms with Crippen molar-refractivity contribution in [1.29, 1.82) is 0 Å². The predicted molar refractivity (Wildman–Crippen MR) is 89.8 cm³/mol. The van der Waals surface area contributed by atoms with Crippen LogP contribution in [-0.2, 0) is 0 Å². The van der Waals surface area contributed by atoms with Crippen LogP contribution in [0.1, 0.15) is 87.5 Å². The minimum Gasteiger partial charge on any atom is -0.207 e. The van der Waals surface area contributed by atoms with Gasteiger partial charge in [-0.05, 0) is 42.9 Å². The summed E-state index contributed by atoms with van der Waals surface area (Å²) in [6.07, 6.45) is 5.24. The zero-order valence-electron chi connectivity index (χ0n) is 15.6. The van der Waals surface area contributed by atoms with Crippen LogP contribution in [0, 0.1) is 29.1 Å². The first-order valence-electron chi connectivity index (χ1n) is 8.75. The van der Waals surface area contributed by atoms with Crippen LogP contribution >= 0.6 is 0 Å². The van der Waals surface area contributed by atoms with Gasteiger partial charge >= 0.3 is 0 Å². The van der Waals surface area contributed by atoms with Crippen molar-refractivity contribution in [2.45, 2.75) is 93.4 Å². The number of alkyl halides is 2. The van der Waals surface area contributed by atoms with Crippen molar-refractivity contribution in [3.8, 4) is 0 Å². The quantitative estimate of drug-likeness (QED) is 0.401. The topological polar surface area (TPSA) is 0 Å². The van der Waals surface area contributed by atoms with E-state index in [-0.39, 0.29) is 5.41 Å². The van der Waals surface area contributed by atoms with Crippen molar-refractivity contribution in [3.05, 3.63) is 0 Å². The molecule has 0 aliphatic rings. The van der Waals surface area contributed by atoms with E-state index in [1.54, 1.807) is 6.92 Å². The smallest absolute Gasteiger partial charge is 0.207 e. The van der Waals surface area contributed by atoms with Crippen molar-refractivity contribution < 1.29 is 8.78 Å². The molecule has 0 aliphatic heterocycles. The lowest BCUT2D eigenvalue weighted by Crippen LogP contribution is -2.27. The second-order valence-corrected chi connectivity index (χ2v) is 8.44. The van der Waals surface area contributed by atoms with Crippen LogP contribution in [0.15, 0.2) is 0 Å². The Bertz CT molecular complexity index is 276. The lowest BCUT2D eigenvalue weighted by atomic mass is 9.72. The molecule has 0 saturated heterocycles. The molecule has 3 atom stereocenters. The van der Waals surface area contributed by atoms with E-state index in [9.17, 15) is 8.78 Å². The van der Waals surface area contributed by atoms with Gasteiger partial charge in [-0.3, -0.25) is 0 Å². The molecule has 0 aromatic heterocycles. The maximum absolute atomic E-state index is 13.3. The maximum atomic E-state index is 13.3. The van der Waals surface area contributed by atoms with Crippen molar-refractivity contribution in [2.75, 3.05) is 0 Å². The van der Waals surface area contributed by atoms with Crippen molar-refractivity contribution in [3.63, 3.8) is 0 Å². The molecule has 0 N–H and O–H groups in total. The van der Waals surface area contributed by atoms with Crippen molar-refractivity contribution in [1.82, 2.24) is 0 Å². The van der Waals surface area contributed by atoms with Gasteiger partial charge in [0.25, 0.3) is 0 Å². The number of rotatable bonds is 10. The third-order valence-electron chi connectivity index (χ3n) is 5.86. The van der Waals surface area contributed by atoms with E-state index < -0.39 is 11.8 Å². The van der Waals surface area contributed by atoms with Gasteiger partial charge in [0.05, 0.1) is 0 Å². The van der Waals surface area contributed by atoms with E-state index in [4.69, 9.17) is 0 Å². The molecule has 0 heterocycles. The molecule has 0 spiro atoms. The van der Waals surface area contributed by atoms with E-state index in [1.807, 2.05) is 0 Å². The van der Waals surface area contributed by atoms with Gasteiger partial charge in [-0.2, -0.15) is 0 Å². The molecule has 2 heteroatoms. The van der Waals surface area contributed by atoms with Crippen molar-refractivity contribution in [2.24, 2.45) is 29.1 Å². The second-order valence-electron chi connectivity index (χ2n) is 8.44. The van der Waals surface area contributed by atoms with Crippen LogP contribution in [0.5, 0.6) is 0 Å². The van der Waals surface area contributed by atoms with E-state index in [0.717, 1.165) is 25.2 Å². The Morgan fingerprint density at radius 3 is 1.71 bits per heavy atom. The van der Waals surface area contributed by atoms with Gasteiger partial charge in [0, 0.05) is 5.92 Å². The van der Waals surface area contributed by atoms with Gasteiger partial charge in [0.1, 0.15) is 0 Å². The Morgan fingerprint density at radius 1 is 0.762 bits per heavy atom. The zero-order valence-corrected chi connectivity index (χ0v) is 15.6. The van der Waals surface area contributed by atoms with E-state index in [2.05, 4.69) is 41.5 Å². The molecule has 3 unspecified atom stereocenters. The fraction of sp³-hybridized carbons (Fsp3) is 1.00. The zero-order chi connectivity index (χ0) is 16.8. The summed E-state index contributed by atoms with van der Waals surface area (Å²) in [6, 6.07) is 0. The number of hydrogen-bond acceptors (Lipinski definition) is 0. The third kappa shape index (κ3) is 8.16. The number of halogens is 2. The summed E-state index contributed by atoms with van der Waals surface area (Å²) in [5, 5.41) is 0. The highest BCUT2D eigenvalue weighted by Crippen LogP contribution is 2.38. The average molecular weight is 305 g/mol. The third-order valence-corrected chi connectivity index (χ3v) is 5.86.